The third kappa shape index (κ3) is 2.58. The summed E-state index contributed by atoms with van der Waals surface area (Å²) in [5.74, 6) is 0.563. The molecule has 21 heavy (non-hydrogen) atoms. The fourth-order valence-corrected chi connectivity index (χ4v) is 3.73. The molecular formula is C16H18N2O2S. The van der Waals surface area contributed by atoms with E-state index >= 15 is 0 Å². The number of nitrogens with zero attached hydrogens (tertiary/aromatic N) is 2. The average molecular weight is 302 g/mol. The Hall–Kier alpha value is -1.75. The van der Waals surface area contributed by atoms with Gasteiger partial charge in [0, 0.05) is 16.7 Å². The maximum Gasteiger partial charge on any atom is 0.263 e. The van der Waals surface area contributed by atoms with Gasteiger partial charge in [0.1, 0.15) is 11.3 Å². The lowest BCUT2D eigenvalue weighted by Crippen LogP contribution is -2.32. The van der Waals surface area contributed by atoms with E-state index in [2.05, 4.69) is 18.1 Å². The van der Waals surface area contributed by atoms with Crippen molar-refractivity contribution in [1.29, 1.82) is 0 Å². The lowest BCUT2D eigenvalue weighted by Gasteiger charge is -2.22. The van der Waals surface area contributed by atoms with Crippen LogP contribution in [0.4, 0.5) is 5.69 Å². The first kappa shape index (κ1) is 14.2. The Morgan fingerprint density at radius 3 is 2.86 bits per heavy atom. The Balaban J connectivity index is 2.04. The molecule has 3 rings (SSSR count). The smallest absolute Gasteiger partial charge is 0.263 e. The zero-order valence-corrected chi connectivity index (χ0v) is 13.2. The van der Waals surface area contributed by atoms with Gasteiger partial charge in [-0.3, -0.25) is 4.79 Å². The highest BCUT2D eigenvalue weighted by molar-refractivity contribution is 8.00. The molecule has 1 aliphatic heterocycles. The van der Waals surface area contributed by atoms with E-state index in [0.29, 0.717) is 28.8 Å². The second-order valence-electron chi connectivity index (χ2n) is 5.34. The Morgan fingerprint density at radius 2 is 2.14 bits per heavy atom. The maximum atomic E-state index is 12.9. The van der Waals surface area contributed by atoms with Crippen molar-refractivity contribution < 1.29 is 9.32 Å². The molecule has 110 valence electrons. The molecule has 0 spiro atoms. The van der Waals surface area contributed by atoms with E-state index in [9.17, 15) is 4.79 Å². The van der Waals surface area contributed by atoms with Gasteiger partial charge in [0.05, 0.1) is 11.4 Å². The van der Waals surface area contributed by atoms with Crippen LogP contribution in [0.15, 0.2) is 33.7 Å². The van der Waals surface area contributed by atoms with Gasteiger partial charge in [-0.1, -0.05) is 24.2 Å². The number of fused-ring (bicyclic) bond motifs is 1. The SMILES string of the molecule is Cc1noc(C)c1C(=O)N1CCC(C)Sc2ccccc21. The number of hydrogen-bond acceptors (Lipinski definition) is 4. The summed E-state index contributed by atoms with van der Waals surface area (Å²) in [4.78, 5) is 16.0. The number of aryl methyl sites for hydroxylation is 2. The molecule has 1 amide bonds. The Kier molecular flexibility index (Phi) is 3.76. The van der Waals surface area contributed by atoms with Gasteiger partial charge in [-0.15, -0.1) is 11.8 Å². The van der Waals surface area contributed by atoms with Crippen molar-refractivity contribution in [3.8, 4) is 0 Å². The summed E-state index contributed by atoms with van der Waals surface area (Å²) in [5.41, 5.74) is 2.22. The van der Waals surface area contributed by atoms with Crippen LogP contribution in [0.5, 0.6) is 0 Å². The minimum atomic E-state index is -0.0200. The van der Waals surface area contributed by atoms with Gasteiger partial charge >= 0.3 is 0 Å². The van der Waals surface area contributed by atoms with E-state index in [1.54, 1.807) is 6.92 Å². The molecule has 1 atom stereocenters. The fraction of sp³-hybridized carbons (Fsp3) is 0.375. The van der Waals surface area contributed by atoms with Crippen LogP contribution >= 0.6 is 11.8 Å². The molecule has 0 bridgehead atoms. The second kappa shape index (κ2) is 5.56. The molecule has 2 heterocycles. The van der Waals surface area contributed by atoms with Gasteiger partial charge < -0.3 is 9.42 Å². The Labute approximate surface area is 128 Å². The number of hydrogen-bond donors (Lipinski definition) is 0. The van der Waals surface area contributed by atoms with E-state index in [0.717, 1.165) is 17.0 Å². The highest BCUT2D eigenvalue weighted by Gasteiger charge is 2.28. The highest BCUT2D eigenvalue weighted by atomic mass is 32.2. The monoisotopic (exact) mass is 302 g/mol. The number of para-hydroxylation sites is 1. The largest absolute Gasteiger partial charge is 0.361 e. The van der Waals surface area contributed by atoms with Crippen LogP contribution < -0.4 is 4.90 Å². The van der Waals surface area contributed by atoms with E-state index in [-0.39, 0.29) is 5.91 Å². The molecule has 0 saturated carbocycles. The molecule has 1 unspecified atom stereocenters. The first-order chi connectivity index (χ1) is 10.1. The number of anilines is 1. The predicted molar refractivity (Wildman–Crippen MR) is 84.0 cm³/mol. The summed E-state index contributed by atoms with van der Waals surface area (Å²) < 4.78 is 5.14. The topological polar surface area (TPSA) is 46.3 Å². The van der Waals surface area contributed by atoms with Crippen molar-refractivity contribution in [2.45, 2.75) is 37.3 Å². The molecule has 0 aliphatic carbocycles. The number of thioether (sulfide) groups is 1. The minimum absolute atomic E-state index is 0.0200. The van der Waals surface area contributed by atoms with Gasteiger partial charge in [-0.25, -0.2) is 0 Å². The van der Waals surface area contributed by atoms with Crippen molar-refractivity contribution in [1.82, 2.24) is 5.16 Å². The molecule has 1 aromatic heterocycles. The molecule has 0 radical (unpaired) electrons. The van der Waals surface area contributed by atoms with Gasteiger partial charge in [0.25, 0.3) is 5.91 Å². The standard InChI is InChI=1S/C16H18N2O2S/c1-10-8-9-18(13-6-4-5-7-14(13)21-10)16(19)15-11(2)17-20-12(15)3/h4-7,10H,8-9H2,1-3H3. The van der Waals surface area contributed by atoms with Crippen LogP contribution in [0.3, 0.4) is 0 Å². The quantitative estimate of drug-likeness (QED) is 0.803. The number of rotatable bonds is 1. The van der Waals surface area contributed by atoms with Crippen LogP contribution in [-0.2, 0) is 0 Å². The number of benzene rings is 1. The Morgan fingerprint density at radius 1 is 1.38 bits per heavy atom. The molecule has 5 heteroatoms. The summed E-state index contributed by atoms with van der Waals surface area (Å²) in [6.45, 7) is 6.51. The van der Waals surface area contributed by atoms with E-state index < -0.39 is 0 Å². The van der Waals surface area contributed by atoms with E-state index in [1.807, 2.05) is 41.8 Å². The molecule has 0 saturated heterocycles. The van der Waals surface area contributed by atoms with E-state index in [1.165, 1.54) is 0 Å². The molecule has 4 nitrogen and oxygen atoms in total. The van der Waals surface area contributed by atoms with Crippen molar-refractivity contribution in [2.24, 2.45) is 0 Å². The number of aromatic nitrogens is 1. The Bertz CT molecular complexity index is 661. The zero-order valence-electron chi connectivity index (χ0n) is 12.4. The van der Waals surface area contributed by atoms with Crippen LogP contribution in [0.2, 0.25) is 0 Å². The molecule has 1 aromatic carbocycles. The van der Waals surface area contributed by atoms with Crippen molar-refractivity contribution in [3.05, 3.63) is 41.3 Å². The third-order valence-electron chi connectivity index (χ3n) is 3.74. The summed E-state index contributed by atoms with van der Waals surface area (Å²) >= 11 is 1.83. The molecule has 0 fully saturated rings. The fourth-order valence-electron chi connectivity index (χ4n) is 2.62. The van der Waals surface area contributed by atoms with Crippen molar-refractivity contribution in [3.63, 3.8) is 0 Å². The number of amides is 1. The predicted octanol–water partition coefficient (Wildman–Crippen LogP) is 3.82. The first-order valence-corrected chi connectivity index (χ1v) is 7.96. The van der Waals surface area contributed by atoms with Gasteiger partial charge in [0.2, 0.25) is 0 Å². The highest BCUT2D eigenvalue weighted by Crippen LogP contribution is 2.38. The number of carbonyl (C=O) groups excluding carboxylic acids is 1. The van der Waals surface area contributed by atoms with Gasteiger partial charge in [-0.05, 0) is 32.4 Å². The first-order valence-electron chi connectivity index (χ1n) is 7.08. The van der Waals surface area contributed by atoms with Crippen molar-refractivity contribution in [2.75, 3.05) is 11.4 Å². The average Bonchev–Trinajstić information content (AvgIpc) is 2.69. The maximum absolute atomic E-state index is 12.9. The van der Waals surface area contributed by atoms with E-state index in [4.69, 9.17) is 4.52 Å². The van der Waals surface area contributed by atoms with Crippen LogP contribution in [-0.4, -0.2) is 22.9 Å². The molecule has 0 N–H and O–H groups in total. The molecular weight excluding hydrogens is 284 g/mol. The normalized spacial score (nSPS) is 18.2. The summed E-state index contributed by atoms with van der Waals surface area (Å²) in [5, 5.41) is 4.39. The summed E-state index contributed by atoms with van der Waals surface area (Å²) in [6, 6.07) is 8.08. The van der Waals surface area contributed by atoms with Crippen LogP contribution in [0.25, 0.3) is 0 Å². The lowest BCUT2D eigenvalue weighted by atomic mass is 10.1. The van der Waals surface area contributed by atoms with Crippen LogP contribution in [0, 0.1) is 13.8 Å². The summed E-state index contributed by atoms with van der Waals surface area (Å²) in [6.07, 6.45) is 0.967. The lowest BCUT2D eigenvalue weighted by molar-refractivity contribution is 0.0984. The number of carbonyl (C=O) groups is 1. The molecule has 1 aliphatic rings. The van der Waals surface area contributed by atoms with Gasteiger partial charge in [-0.2, -0.15) is 0 Å². The summed E-state index contributed by atoms with van der Waals surface area (Å²) in [7, 11) is 0. The zero-order chi connectivity index (χ0) is 15.0. The van der Waals surface area contributed by atoms with Gasteiger partial charge in [0.15, 0.2) is 0 Å². The minimum Gasteiger partial charge on any atom is -0.361 e. The molecule has 2 aromatic rings. The van der Waals surface area contributed by atoms with Crippen LogP contribution in [0.1, 0.15) is 35.2 Å². The second-order valence-corrected chi connectivity index (χ2v) is 6.82. The van der Waals surface area contributed by atoms with Crippen molar-refractivity contribution >= 4 is 23.4 Å². The third-order valence-corrected chi connectivity index (χ3v) is 4.97.